The molecule has 0 aromatic rings. The molecule has 1 aliphatic heterocycles. The number of hydrogen-bond acceptors (Lipinski definition) is 2. The Hall–Kier alpha value is -0.0800. The molecule has 0 aromatic heterocycles. The van der Waals surface area contributed by atoms with Crippen LogP contribution in [0.3, 0.4) is 0 Å². The van der Waals surface area contributed by atoms with Crippen molar-refractivity contribution >= 4 is 0 Å². The highest BCUT2D eigenvalue weighted by atomic mass is 16.5. The van der Waals surface area contributed by atoms with Crippen molar-refractivity contribution in [2.75, 3.05) is 19.7 Å². The predicted octanol–water partition coefficient (Wildman–Crippen LogP) is 1.80. The molecule has 1 saturated heterocycles. The summed E-state index contributed by atoms with van der Waals surface area (Å²) in [5.74, 6) is 0.638. The molecular weight excluding hydrogens is 150 g/mol. The number of rotatable bonds is 3. The van der Waals surface area contributed by atoms with Crippen molar-refractivity contribution < 1.29 is 4.74 Å². The van der Waals surface area contributed by atoms with Crippen LogP contribution in [0, 0.1) is 5.92 Å². The van der Waals surface area contributed by atoms with E-state index < -0.39 is 0 Å². The van der Waals surface area contributed by atoms with Crippen LogP contribution in [0.4, 0.5) is 0 Å². The van der Waals surface area contributed by atoms with Crippen molar-refractivity contribution in [3.05, 3.63) is 0 Å². The van der Waals surface area contributed by atoms with Crippen LogP contribution in [0.2, 0.25) is 0 Å². The Bertz CT molecular complexity index is 122. The van der Waals surface area contributed by atoms with Gasteiger partial charge in [-0.3, -0.25) is 0 Å². The van der Waals surface area contributed by atoms with E-state index in [2.05, 4.69) is 26.1 Å². The standard InChI is InChI=1S/C10H21NO/c1-4-12-10(9(2)3)5-7-11-8-6-10/h9,11H,4-8H2,1-3H3. The lowest BCUT2D eigenvalue weighted by Crippen LogP contribution is -2.47. The minimum atomic E-state index is 0.167. The zero-order valence-electron chi connectivity index (χ0n) is 8.52. The van der Waals surface area contributed by atoms with Gasteiger partial charge in [-0.05, 0) is 38.8 Å². The van der Waals surface area contributed by atoms with E-state index in [-0.39, 0.29) is 5.60 Å². The van der Waals surface area contributed by atoms with Gasteiger partial charge in [-0.15, -0.1) is 0 Å². The Morgan fingerprint density at radius 2 is 1.92 bits per heavy atom. The quantitative estimate of drug-likeness (QED) is 0.699. The zero-order valence-corrected chi connectivity index (χ0v) is 8.52. The Balaban J connectivity index is 2.56. The van der Waals surface area contributed by atoms with E-state index in [1.807, 2.05) is 0 Å². The van der Waals surface area contributed by atoms with Crippen LogP contribution in [-0.4, -0.2) is 25.3 Å². The molecule has 0 radical (unpaired) electrons. The van der Waals surface area contributed by atoms with E-state index in [9.17, 15) is 0 Å². The van der Waals surface area contributed by atoms with Crippen molar-refractivity contribution in [3.63, 3.8) is 0 Å². The highest BCUT2D eigenvalue weighted by molar-refractivity contribution is 4.88. The van der Waals surface area contributed by atoms with E-state index in [4.69, 9.17) is 4.74 Å². The van der Waals surface area contributed by atoms with Crippen molar-refractivity contribution in [1.82, 2.24) is 5.32 Å². The fourth-order valence-electron chi connectivity index (χ4n) is 2.03. The number of nitrogens with one attached hydrogen (secondary N) is 1. The molecule has 0 spiro atoms. The monoisotopic (exact) mass is 171 g/mol. The zero-order chi connectivity index (χ0) is 9.03. The fourth-order valence-corrected chi connectivity index (χ4v) is 2.03. The predicted molar refractivity (Wildman–Crippen MR) is 51.3 cm³/mol. The van der Waals surface area contributed by atoms with Gasteiger partial charge in [0.15, 0.2) is 0 Å². The maximum Gasteiger partial charge on any atom is 0.0729 e. The molecule has 0 saturated carbocycles. The third-order valence-electron chi connectivity index (χ3n) is 2.93. The first-order valence-corrected chi connectivity index (χ1v) is 5.06. The molecule has 0 atom stereocenters. The van der Waals surface area contributed by atoms with Crippen molar-refractivity contribution in [1.29, 1.82) is 0 Å². The minimum absolute atomic E-state index is 0.167. The van der Waals surface area contributed by atoms with E-state index >= 15 is 0 Å². The molecule has 0 aliphatic carbocycles. The molecule has 1 N–H and O–H groups in total. The van der Waals surface area contributed by atoms with E-state index in [0.29, 0.717) is 5.92 Å². The first-order chi connectivity index (χ1) is 5.71. The fraction of sp³-hybridized carbons (Fsp3) is 1.00. The minimum Gasteiger partial charge on any atom is -0.375 e. The molecule has 1 fully saturated rings. The van der Waals surface area contributed by atoms with Crippen LogP contribution >= 0.6 is 0 Å². The lowest BCUT2D eigenvalue weighted by molar-refractivity contribution is -0.0918. The maximum absolute atomic E-state index is 5.89. The average Bonchev–Trinajstić information content (AvgIpc) is 2.06. The summed E-state index contributed by atoms with van der Waals surface area (Å²) in [4.78, 5) is 0. The van der Waals surface area contributed by atoms with Gasteiger partial charge in [-0.1, -0.05) is 13.8 Å². The van der Waals surface area contributed by atoms with Gasteiger partial charge in [0.25, 0.3) is 0 Å². The van der Waals surface area contributed by atoms with Crippen LogP contribution in [0.1, 0.15) is 33.6 Å². The summed E-state index contributed by atoms with van der Waals surface area (Å²) < 4.78 is 5.89. The van der Waals surface area contributed by atoms with Crippen LogP contribution in [0.15, 0.2) is 0 Å². The number of ether oxygens (including phenoxy) is 1. The van der Waals surface area contributed by atoms with Gasteiger partial charge >= 0.3 is 0 Å². The van der Waals surface area contributed by atoms with Gasteiger partial charge < -0.3 is 10.1 Å². The lowest BCUT2D eigenvalue weighted by atomic mass is 9.82. The van der Waals surface area contributed by atoms with E-state index in [1.165, 1.54) is 12.8 Å². The molecule has 72 valence electrons. The summed E-state index contributed by atoms with van der Waals surface area (Å²) in [6.45, 7) is 9.68. The second kappa shape index (κ2) is 4.24. The SMILES string of the molecule is CCOC1(C(C)C)CCNCC1. The van der Waals surface area contributed by atoms with Crippen LogP contribution in [0.5, 0.6) is 0 Å². The van der Waals surface area contributed by atoms with Gasteiger partial charge in [0.2, 0.25) is 0 Å². The van der Waals surface area contributed by atoms with E-state index in [1.54, 1.807) is 0 Å². The molecular formula is C10H21NO. The molecule has 0 unspecified atom stereocenters. The highest BCUT2D eigenvalue weighted by Gasteiger charge is 2.35. The number of hydrogen-bond donors (Lipinski definition) is 1. The highest BCUT2D eigenvalue weighted by Crippen LogP contribution is 2.31. The normalized spacial score (nSPS) is 23.0. The summed E-state index contributed by atoms with van der Waals surface area (Å²) >= 11 is 0. The molecule has 2 heteroatoms. The van der Waals surface area contributed by atoms with Crippen molar-refractivity contribution in [2.24, 2.45) is 5.92 Å². The molecule has 0 bridgehead atoms. The Morgan fingerprint density at radius 1 is 1.33 bits per heavy atom. The summed E-state index contributed by atoms with van der Waals surface area (Å²) in [5.41, 5.74) is 0.167. The third kappa shape index (κ3) is 1.99. The van der Waals surface area contributed by atoms with Crippen LogP contribution < -0.4 is 5.32 Å². The topological polar surface area (TPSA) is 21.3 Å². The van der Waals surface area contributed by atoms with Gasteiger partial charge in [-0.2, -0.15) is 0 Å². The Kier molecular flexibility index (Phi) is 3.53. The maximum atomic E-state index is 5.89. The third-order valence-corrected chi connectivity index (χ3v) is 2.93. The molecule has 1 rings (SSSR count). The summed E-state index contributed by atoms with van der Waals surface area (Å²) in [7, 11) is 0. The van der Waals surface area contributed by atoms with Gasteiger partial charge in [0.05, 0.1) is 5.60 Å². The lowest BCUT2D eigenvalue weighted by Gasteiger charge is -2.40. The van der Waals surface area contributed by atoms with Gasteiger partial charge in [0, 0.05) is 6.61 Å². The molecule has 12 heavy (non-hydrogen) atoms. The smallest absolute Gasteiger partial charge is 0.0729 e. The summed E-state index contributed by atoms with van der Waals surface area (Å²) in [6, 6.07) is 0. The van der Waals surface area contributed by atoms with Gasteiger partial charge in [0.1, 0.15) is 0 Å². The second-order valence-corrected chi connectivity index (χ2v) is 3.90. The molecule has 1 heterocycles. The molecule has 1 aliphatic rings. The summed E-state index contributed by atoms with van der Waals surface area (Å²) in [6.07, 6.45) is 2.33. The van der Waals surface area contributed by atoms with Gasteiger partial charge in [-0.25, -0.2) is 0 Å². The van der Waals surface area contributed by atoms with Crippen molar-refractivity contribution in [3.8, 4) is 0 Å². The van der Waals surface area contributed by atoms with Crippen LogP contribution in [-0.2, 0) is 4.74 Å². The summed E-state index contributed by atoms with van der Waals surface area (Å²) in [5, 5.41) is 3.37. The first-order valence-electron chi connectivity index (χ1n) is 5.06. The first kappa shape index (κ1) is 10.0. The van der Waals surface area contributed by atoms with Crippen LogP contribution in [0.25, 0.3) is 0 Å². The molecule has 0 aromatic carbocycles. The Morgan fingerprint density at radius 3 is 2.33 bits per heavy atom. The van der Waals surface area contributed by atoms with E-state index in [0.717, 1.165) is 19.7 Å². The number of piperidine rings is 1. The average molecular weight is 171 g/mol. The van der Waals surface area contributed by atoms with Crippen molar-refractivity contribution in [2.45, 2.75) is 39.2 Å². The second-order valence-electron chi connectivity index (χ2n) is 3.90. The largest absolute Gasteiger partial charge is 0.375 e. The Labute approximate surface area is 75.7 Å². The molecule has 2 nitrogen and oxygen atoms in total. The molecule has 0 amide bonds.